The quantitative estimate of drug-likeness (QED) is 0.262. The van der Waals surface area contributed by atoms with Crippen LogP contribution in [0.1, 0.15) is 0 Å². The molecule has 196 valence electrons. The first-order valence-electron chi connectivity index (χ1n) is 6.25. The summed E-state index contributed by atoms with van der Waals surface area (Å²) in [6.45, 7) is 0. The van der Waals surface area contributed by atoms with Crippen LogP contribution in [-0.4, -0.2) is 77.3 Å². The molecule has 31 heavy (non-hydrogen) atoms. The van der Waals surface area contributed by atoms with Crippen molar-refractivity contribution in [2.75, 3.05) is 56.9 Å². The Kier molecular flexibility index (Phi) is 77.2. The van der Waals surface area contributed by atoms with Crippen LogP contribution in [0.15, 0.2) is 0 Å². The molecule has 13 nitrogen and oxygen atoms in total. The van der Waals surface area contributed by atoms with Gasteiger partial charge < -0.3 is 43.4 Å². The Morgan fingerprint density at radius 3 is 0.839 bits per heavy atom. The van der Waals surface area contributed by atoms with Crippen molar-refractivity contribution in [3.05, 3.63) is 0 Å². The summed E-state index contributed by atoms with van der Waals surface area (Å²) in [6.07, 6.45) is -1.95. The Labute approximate surface area is 203 Å². The Hall–Kier alpha value is 1.15. The standard InChI is InChI=1S/C2H7O4P.C2HOP.2CH3Cl2O2P.4CH4O/c1-5-7(3,4)6-2;1-2-4-3;2*1-5-6(2,3)4;4*1-2/h1-2H3,(H,3,4);1H;2*1H3;4*2H,1H3/p-1. The van der Waals surface area contributed by atoms with Crippen LogP contribution in [-0.2, 0) is 36.4 Å². The molecule has 21 heteroatoms. The largest absolute Gasteiger partial charge is 0.756 e. The molecule has 0 aliphatic rings. The molecule has 0 amide bonds. The van der Waals surface area contributed by atoms with Crippen LogP contribution < -0.4 is 4.89 Å². The Balaban J connectivity index is -0.0000000345. The van der Waals surface area contributed by atoms with Crippen LogP contribution in [0.25, 0.3) is 0 Å². The Morgan fingerprint density at radius 1 is 0.710 bits per heavy atom. The van der Waals surface area contributed by atoms with Gasteiger partial charge in [-0.25, -0.2) is 0 Å². The molecule has 0 bridgehead atoms. The lowest BCUT2D eigenvalue weighted by Crippen LogP contribution is -2.02. The third kappa shape index (κ3) is 132. The van der Waals surface area contributed by atoms with Crippen molar-refractivity contribution in [3.8, 4) is 12.1 Å². The van der Waals surface area contributed by atoms with E-state index < -0.39 is 20.0 Å². The van der Waals surface area contributed by atoms with E-state index in [4.69, 9.17) is 70.0 Å². The third-order valence-corrected chi connectivity index (χ3v) is 4.43. The molecule has 0 unspecified atom stereocenters. The van der Waals surface area contributed by atoms with Crippen molar-refractivity contribution in [1.29, 1.82) is 0 Å². The minimum atomic E-state index is -3.90. The van der Waals surface area contributed by atoms with E-state index in [1.807, 2.05) is 5.66 Å². The molecule has 0 saturated heterocycles. The molecule has 0 radical (unpaired) electrons. The molecule has 0 aromatic carbocycles. The highest BCUT2D eigenvalue weighted by Crippen LogP contribution is 2.57. The van der Waals surface area contributed by atoms with E-state index in [2.05, 4.69) is 24.5 Å². The van der Waals surface area contributed by atoms with Crippen LogP contribution in [0.2, 0.25) is 0 Å². The summed E-state index contributed by atoms with van der Waals surface area (Å²) < 4.78 is 54.5. The van der Waals surface area contributed by atoms with Crippen LogP contribution >= 0.6 is 73.4 Å². The number of hydrogen-bond acceptors (Lipinski definition) is 13. The second kappa shape index (κ2) is 44.8. The van der Waals surface area contributed by atoms with Gasteiger partial charge in [-0.15, -0.1) is 6.42 Å². The van der Waals surface area contributed by atoms with Crippen molar-refractivity contribution in [1.82, 2.24) is 0 Å². The fourth-order valence-electron chi connectivity index (χ4n) is 0.0745. The molecule has 0 atom stereocenters. The van der Waals surface area contributed by atoms with Gasteiger partial charge in [0.1, 0.15) is 0 Å². The van der Waals surface area contributed by atoms with E-state index in [0.29, 0.717) is 0 Å². The van der Waals surface area contributed by atoms with Gasteiger partial charge in [0.2, 0.25) is 8.46 Å². The lowest BCUT2D eigenvalue weighted by atomic mass is 11.4. The second-order valence-corrected chi connectivity index (χ2v) is 13.1. The lowest BCUT2D eigenvalue weighted by Gasteiger charge is -2.16. The van der Waals surface area contributed by atoms with Crippen molar-refractivity contribution in [2.45, 2.75) is 0 Å². The molecular weight excluding hydrogens is 594 g/mol. The summed E-state index contributed by atoms with van der Waals surface area (Å²) in [6, 6.07) is 0. The highest BCUT2D eigenvalue weighted by Gasteiger charge is 2.09. The predicted molar refractivity (Wildman–Crippen MR) is 123 cm³/mol. The summed E-state index contributed by atoms with van der Waals surface area (Å²) in [4.78, 5) is 9.95. The highest BCUT2D eigenvalue weighted by atomic mass is 35.9. The normalized spacial score (nSPS) is 8.77. The number of terminal acetylenes is 1. The Morgan fingerprint density at radius 2 is 0.839 bits per heavy atom. The molecule has 0 fully saturated rings. The fraction of sp³-hybridized carbons (Fsp3) is 0.800. The van der Waals surface area contributed by atoms with E-state index in [0.717, 1.165) is 42.7 Å². The zero-order valence-electron chi connectivity index (χ0n) is 17.8. The zero-order valence-corrected chi connectivity index (χ0v) is 24.4. The van der Waals surface area contributed by atoms with Crippen molar-refractivity contribution in [2.24, 2.45) is 0 Å². The minimum Gasteiger partial charge on any atom is -0.756 e. The van der Waals surface area contributed by atoms with Gasteiger partial charge in [-0.3, -0.25) is 18.3 Å². The average Bonchev–Trinajstić information content (AvgIpc) is 2.79. The van der Waals surface area contributed by atoms with Gasteiger partial charge in [0, 0.05) is 56.9 Å². The fourth-order valence-corrected chi connectivity index (χ4v) is 0.224. The molecule has 0 saturated carbocycles. The van der Waals surface area contributed by atoms with Gasteiger partial charge in [0.15, 0.2) is 0 Å². The minimum absolute atomic E-state index is 0.224. The summed E-state index contributed by atoms with van der Waals surface area (Å²) in [5.74, 6) is 0. The Bertz CT molecular complexity index is 451. The zero-order chi connectivity index (χ0) is 27.7. The van der Waals surface area contributed by atoms with E-state index in [9.17, 15) is 18.6 Å². The molecule has 4 N–H and O–H groups in total. The van der Waals surface area contributed by atoms with Crippen molar-refractivity contribution < 1.29 is 61.7 Å². The summed E-state index contributed by atoms with van der Waals surface area (Å²) in [7, 11) is 4.31. The van der Waals surface area contributed by atoms with Gasteiger partial charge in [-0.1, -0.05) is 0 Å². The molecule has 0 heterocycles. The molecule has 0 rings (SSSR count). The summed E-state index contributed by atoms with van der Waals surface area (Å²) in [5, 5.41) is 28.0. The van der Waals surface area contributed by atoms with E-state index >= 15 is 0 Å². The number of phosphoric acid groups is 1. The SMILES string of the molecule is C#CP=O.CO.CO.CO.CO.COP(=O)(Cl)Cl.COP(=O)(Cl)Cl.COP(=O)([O-])OC. The maximum Gasteiger partial charge on any atom is 0.379 e. The summed E-state index contributed by atoms with van der Waals surface area (Å²) >= 11 is 19.3. The highest BCUT2D eigenvalue weighted by molar-refractivity contribution is 8.05. The van der Waals surface area contributed by atoms with Crippen molar-refractivity contribution >= 4 is 73.4 Å². The van der Waals surface area contributed by atoms with Crippen LogP contribution in [0.5, 0.6) is 0 Å². The lowest BCUT2D eigenvalue weighted by molar-refractivity contribution is -0.220. The number of aliphatic hydroxyl groups excluding tert-OH is 4. The van der Waals surface area contributed by atoms with Crippen LogP contribution in [0.4, 0.5) is 0 Å². The maximum absolute atomic E-state index is 9.95. The van der Waals surface area contributed by atoms with E-state index in [1.54, 1.807) is 0 Å². The number of halogens is 4. The van der Waals surface area contributed by atoms with Gasteiger partial charge >= 0.3 is 12.1 Å². The first-order chi connectivity index (χ1) is 14.2. The number of hydrogen-bond donors (Lipinski definition) is 4. The van der Waals surface area contributed by atoms with Crippen molar-refractivity contribution in [3.63, 3.8) is 0 Å². The van der Waals surface area contributed by atoms with Crippen LogP contribution in [0.3, 0.4) is 0 Å². The third-order valence-electron chi connectivity index (χ3n) is 0.925. The van der Waals surface area contributed by atoms with E-state index in [1.165, 1.54) is 14.2 Å². The predicted octanol–water partition coefficient (Wildman–Crippen LogP) is 3.49. The molecule has 0 spiro atoms. The van der Waals surface area contributed by atoms with Gasteiger partial charge in [0.05, 0.1) is 0 Å². The van der Waals surface area contributed by atoms with Gasteiger partial charge in [-0.05, 0) is 50.6 Å². The monoisotopic (exact) mass is 621 g/mol. The molecule has 0 aromatic heterocycles. The number of aliphatic hydroxyl groups is 4. The molecular formula is C10H29Cl4O13P4-. The number of rotatable bonds is 4. The van der Waals surface area contributed by atoms with Gasteiger partial charge in [0.25, 0.3) is 7.82 Å². The summed E-state index contributed by atoms with van der Waals surface area (Å²) in [5.41, 5.74) is 1.85. The maximum atomic E-state index is 9.95. The number of phosphoric ester groups is 1. The molecule has 0 aliphatic heterocycles. The first-order valence-corrected chi connectivity index (χ1v) is 15.4. The smallest absolute Gasteiger partial charge is 0.379 e. The van der Waals surface area contributed by atoms with E-state index in [-0.39, 0.29) is 8.46 Å². The molecule has 0 aromatic rings. The topological polar surface area (TPSA) is 209 Å². The molecule has 0 aliphatic carbocycles. The second-order valence-electron chi connectivity index (χ2n) is 2.23. The first kappa shape index (κ1) is 53.5. The van der Waals surface area contributed by atoms with Gasteiger partial charge in [-0.2, -0.15) is 0 Å². The van der Waals surface area contributed by atoms with Crippen LogP contribution in [0, 0.1) is 12.1 Å². The average molecular weight is 623 g/mol.